The van der Waals surface area contributed by atoms with E-state index in [0.717, 1.165) is 37.2 Å². The molecular weight excluding hydrogens is 492 g/mol. The van der Waals surface area contributed by atoms with Crippen molar-refractivity contribution in [3.8, 4) is 23.0 Å². The average molecular weight is 515 g/mol. The van der Waals surface area contributed by atoms with Gasteiger partial charge in [0.25, 0.3) is 5.91 Å². The maximum Gasteiger partial charge on any atom is 0.259 e. The number of nitrogen functional groups attached to an aromatic ring is 1. The number of fused-ring (bicyclic) bond motifs is 2. The molecule has 4 aromatic heterocycles. The van der Waals surface area contributed by atoms with Gasteiger partial charge >= 0.3 is 0 Å². The average Bonchev–Trinajstić information content (AvgIpc) is 3.50. The van der Waals surface area contributed by atoms with E-state index in [1.807, 2.05) is 43.3 Å². The zero-order valence-electron chi connectivity index (χ0n) is 20.4. The molecule has 6 aromatic rings. The van der Waals surface area contributed by atoms with Crippen molar-refractivity contribution in [3.05, 3.63) is 113 Å². The maximum atomic E-state index is 13.4. The van der Waals surface area contributed by atoms with Crippen LogP contribution in [-0.4, -0.2) is 25.5 Å². The van der Waals surface area contributed by atoms with Crippen LogP contribution in [-0.2, 0) is 0 Å². The summed E-state index contributed by atoms with van der Waals surface area (Å²) in [6.45, 7) is 1.98. The monoisotopic (exact) mass is 514 g/mol. The van der Waals surface area contributed by atoms with Crippen molar-refractivity contribution in [2.75, 3.05) is 5.73 Å². The Bertz CT molecular complexity index is 1850. The fourth-order valence-electron chi connectivity index (χ4n) is 4.44. The molecule has 0 unspecified atom stereocenters. The number of nitrogens with two attached hydrogens (primary N) is 1. The second-order valence-corrected chi connectivity index (χ2v) is 9.83. The number of hydrogen-bond donors (Lipinski definition) is 2. The zero-order valence-corrected chi connectivity index (χ0v) is 21.2. The Hall–Kier alpha value is -5.00. The van der Waals surface area contributed by atoms with Crippen LogP contribution in [0.4, 0.5) is 5.82 Å². The van der Waals surface area contributed by atoms with Crippen molar-refractivity contribution in [2.45, 2.75) is 13.0 Å². The smallest absolute Gasteiger partial charge is 0.259 e. The van der Waals surface area contributed by atoms with Crippen LogP contribution in [0.2, 0.25) is 0 Å². The van der Waals surface area contributed by atoms with Crippen molar-refractivity contribution >= 4 is 38.8 Å². The van der Waals surface area contributed by atoms with Crippen LogP contribution >= 0.6 is 11.3 Å². The lowest BCUT2D eigenvalue weighted by molar-refractivity contribution is 0.0943. The van der Waals surface area contributed by atoms with E-state index in [0.29, 0.717) is 5.65 Å². The van der Waals surface area contributed by atoms with Gasteiger partial charge in [0.05, 0.1) is 6.04 Å². The first kappa shape index (κ1) is 23.4. The molecule has 4 heterocycles. The molecule has 8 heteroatoms. The highest BCUT2D eigenvalue weighted by molar-refractivity contribution is 7.19. The van der Waals surface area contributed by atoms with E-state index in [9.17, 15) is 4.79 Å². The van der Waals surface area contributed by atoms with E-state index in [4.69, 9.17) is 5.73 Å². The van der Waals surface area contributed by atoms with Gasteiger partial charge in [-0.25, -0.2) is 9.50 Å². The lowest BCUT2D eigenvalue weighted by Gasteiger charge is -2.15. The van der Waals surface area contributed by atoms with Gasteiger partial charge < -0.3 is 11.1 Å². The quantitative estimate of drug-likeness (QED) is 0.304. The molecule has 6 rings (SSSR count). The topological polar surface area (TPSA) is 98.2 Å². The number of pyridine rings is 1. The summed E-state index contributed by atoms with van der Waals surface area (Å²) in [6, 6.07) is 21.7. The molecule has 1 atom stereocenters. The Kier molecular flexibility index (Phi) is 6.04. The number of benzene rings is 2. The summed E-state index contributed by atoms with van der Waals surface area (Å²) in [6.07, 6.45) is 6.80. The lowest BCUT2D eigenvalue weighted by Crippen LogP contribution is -2.27. The molecule has 184 valence electrons. The van der Waals surface area contributed by atoms with Gasteiger partial charge in [-0.05, 0) is 48.9 Å². The Morgan fingerprint density at radius 3 is 2.61 bits per heavy atom. The van der Waals surface area contributed by atoms with Crippen LogP contribution in [0.1, 0.15) is 39.3 Å². The molecule has 7 nitrogen and oxygen atoms in total. The van der Waals surface area contributed by atoms with E-state index in [-0.39, 0.29) is 23.3 Å². The predicted molar refractivity (Wildman–Crippen MR) is 151 cm³/mol. The van der Waals surface area contributed by atoms with Crippen LogP contribution in [0.15, 0.2) is 91.5 Å². The molecule has 0 spiro atoms. The second kappa shape index (κ2) is 9.81. The van der Waals surface area contributed by atoms with Gasteiger partial charge in [0.2, 0.25) is 0 Å². The van der Waals surface area contributed by atoms with Crippen molar-refractivity contribution in [1.29, 1.82) is 0 Å². The van der Waals surface area contributed by atoms with E-state index in [2.05, 4.69) is 56.5 Å². The summed E-state index contributed by atoms with van der Waals surface area (Å²) < 4.78 is 2.63. The third kappa shape index (κ3) is 4.36. The summed E-state index contributed by atoms with van der Waals surface area (Å²) >= 11 is 1.66. The Morgan fingerprint density at radius 2 is 1.79 bits per heavy atom. The van der Waals surface area contributed by atoms with Crippen molar-refractivity contribution in [2.24, 2.45) is 0 Å². The molecule has 38 heavy (non-hydrogen) atoms. The molecule has 0 saturated heterocycles. The van der Waals surface area contributed by atoms with E-state index >= 15 is 0 Å². The standard InChI is InChI=1S/C30H22N6OS/c1-19(34-30(37)26-28(31)35-36-17-5-14-33-29(26)36)27-25(22-6-3-2-4-7-22)23-18-21(10-11-24(23)38-27)9-8-20-12-15-32-16-13-20/h2-7,10-19H,1H3,(H2,31,35)(H,34,37)/t19-/m0/s1. The fraction of sp³-hybridized carbons (Fsp3) is 0.0667. The number of amides is 1. The SMILES string of the molecule is C[C@H](NC(=O)c1c(N)nn2cccnc12)c1sc2ccc(C#Cc3ccncc3)cc2c1-c1ccccc1. The van der Waals surface area contributed by atoms with Gasteiger partial charge in [-0.1, -0.05) is 42.2 Å². The number of nitrogens with zero attached hydrogens (tertiary/aromatic N) is 4. The van der Waals surface area contributed by atoms with Gasteiger partial charge in [0, 0.05) is 56.4 Å². The van der Waals surface area contributed by atoms with Crippen LogP contribution < -0.4 is 11.1 Å². The van der Waals surface area contributed by atoms with Crippen molar-refractivity contribution < 1.29 is 4.79 Å². The molecule has 0 aliphatic heterocycles. The number of hydrogen-bond acceptors (Lipinski definition) is 6. The van der Waals surface area contributed by atoms with Crippen LogP contribution in [0.25, 0.3) is 26.9 Å². The first-order valence-corrected chi connectivity index (χ1v) is 12.8. The second-order valence-electron chi connectivity index (χ2n) is 8.75. The van der Waals surface area contributed by atoms with E-state index in [1.165, 1.54) is 4.52 Å². The third-order valence-electron chi connectivity index (χ3n) is 6.20. The molecule has 1 amide bonds. The zero-order chi connectivity index (χ0) is 26.1. The number of anilines is 1. The Labute approximate surface area is 223 Å². The third-order valence-corrected chi connectivity index (χ3v) is 7.55. The molecule has 0 saturated carbocycles. The summed E-state index contributed by atoms with van der Waals surface area (Å²) in [4.78, 5) is 22.8. The van der Waals surface area contributed by atoms with Crippen LogP contribution in [0, 0.1) is 11.8 Å². The molecule has 3 N–H and O–H groups in total. The minimum absolute atomic E-state index is 0.144. The van der Waals surface area contributed by atoms with Gasteiger partial charge in [-0.15, -0.1) is 16.4 Å². The van der Waals surface area contributed by atoms with E-state index < -0.39 is 0 Å². The summed E-state index contributed by atoms with van der Waals surface area (Å²) in [5.41, 5.74) is 10.8. The molecular formula is C30H22N6OS. The number of nitrogens with one attached hydrogen (secondary N) is 1. The number of aromatic nitrogens is 4. The van der Waals surface area contributed by atoms with Gasteiger partial charge in [0.1, 0.15) is 5.56 Å². The Balaban J connectivity index is 1.41. The maximum absolute atomic E-state index is 13.4. The lowest BCUT2D eigenvalue weighted by atomic mass is 9.98. The summed E-state index contributed by atoms with van der Waals surface area (Å²) in [5.74, 6) is 6.31. The highest BCUT2D eigenvalue weighted by Gasteiger charge is 2.24. The van der Waals surface area contributed by atoms with E-state index in [1.54, 1.807) is 42.2 Å². The van der Waals surface area contributed by atoms with Crippen molar-refractivity contribution in [3.63, 3.8) is 0 Å². The van der Waals surface area contributed by atoms with Crippen LogP contribution in [0.5, 0.6) is 0 Å². The van der Waals surface area contributed by atoms with Crippen LogP contribution in [0.3, 0.4) is 0 Å². The number of thiophene rings is 1. The molecule has 0 fully saturated rings. The molecule has 0 aliphatic rings. The first-order valence-electron chi connectivity index (χ1n) is 12.0. The molecule has 0 radical (unpaired) electrons. The normalized spacial score (nSPS) is 11.7. The predicted octanol–water partition coefficient (Wildman–Crippen LogP) is 5.48. The van der Waals surface area contributed by atoms with Crippen molar-refractivity contribution in [1.82, 2.24) is 24.9 Å². The van der Waals surface area contributed by atoms with Gasteiger partial charge in [-0.2, -0.15) is 0 Å². The highest BCUT2D eigenvalue weighted by atomic mass is 32.1. The summed E-state index contributed by atoms with van der Waals surface area (Å²) in [5, 5.41) is 8.44. The number of carbonyl (C=O) groups is 1. The number of rotatable bonds is 4. The highest BCUT2D eigenvalue weighted by Crippen LogP contribution is 2.42. The first-order chi connectivity index (χ1) is 18.6. The molecule has 0 bridgehead atoms. The Morgan fingerprint density at radius 1 is 1.00 bits per heavy atom. The largest absolute Gasteiger partial charge is 0.381 e. The molecule has 2 aromatic carbocycles. The fourth-order valence-corrected chi connectivity index (χ4v) is 5.65. The van der Waals surface area contributed by atoms with Gasteiger partial charge in [-0.3, -0.25) is 9.78 Å². The summed E-state index contributed by atoms with van der Waals surface area (Å²) in [7, 11) is 0. The minimum atomic E-state index is -0.316. The minimum Gasteiger partial charge on any atom is -0.381 e. The number of carbonyl (C=O) groups excluding carboxylic acids is 1. The molecule has 0 aliphatic carbocycles. The van der Waals surface area contributed by atoms with Gasteiger partial charge in [0.15, 0.2) is 11.5 Å².